The van der Waals surface area contributed by atoms with Crippen molar-refractivity contribution in [1.82, 2.24) is 4.72 Å². The van der Waals surface area contributed by atoms with E-state index in [1.54, 1.807) is 31.2 Å². The second-order valence-electron chi connectivity index (χ2n) is 4.04. The minimum atomic E-state index is -3.42. The monoisotopic (exact) mass is 267 g/mol. The summed E-state index contributed by atoms with van der Waals surface area (Å²) in [4.78, 5) is 11.7. The molecule has 0 heterocycles. The Balaban J connectivity index is 3.11. The lowest BCUT2D eigenvalue weighted by atomic mass is 9.97. The number of sulfonamides is 1. The molecule has 1 atom stereocenters. The van der Waals surface area contributed by atoms with Gasteiger partial charge in [-0.05, 0) is 5.56 Å². The van der Waals surface area contributed by atoms with Gasteiger partial charge in [-0.2, -0.15) is 0 Å². The van der Waals surface area contributed by atoms with E-state index >= 15 is 0 Å². The Bertz CT molecular complexity index is 535. The molecule has 0 aliphatic rings. The van der Waals surface area contributed by atoms with Crippen molar-refractivity contribution < 1.29 is 13.2 Å². The summed E-state index contributed by atoms with van der Waals surface area (Å²) in [7, 11) is -3.42. The van der Waals surface area contributed by atoms with Crippen molar-refractivity contribution in [2.24, 2.45) is 0 Å². The molecule has 1 N–H and O–H groups in total. The van der Waals surface area contributed by atoms with Gasteiger partial charge in [-0.3, -0.25) is 4.79 Å². The fraction of sp³-hybridized carbons (Fsp3) is 0.308. The number of hydrogen-bond donors (Lipinski definition) is 1. The molecule has 98 valence electrons. The lowest BCUT2D eigenvalue weighted by Crippen LogP contribution is -2.30. The average Bonchev–Trinajstić information content (AvgIpc) is 2.34. The van der Waals surface area contributed by atoms with Gasteiger partial charge >= 0.3 is 0 Å². The van der Waals surface area contributed by atoms with E-state index in [2.05, 4.69) is 11.3 Å². The van der Waals surface area contributed by atoms with Crippen molar-refractivity contribution in [3.63, 3.8) is 0 Å². The molecule has 0 spiro atoms. The van der Waals surface area contributed by atoms with Crippen molar-refractivity contribution in [3.05, 3.63) is 48.0 Å². The van der Waals surface area contributed by atoms with Crippen LogP contribution in [-0.2, 0) is 14.8 Å². The highest BCUT2D eigenvalue weighted by Gasteiger charge is 2.22. The molecular formula is C13H17NO3S. The Morgan fingerprint density at radius 1 is 1.33 bits per heavy atom. The number of rotatable bonds is 6. The van der Waals surface area contributed by atoms with Gasteiger partial charge in [-0.25, -0.2) is 13.1 Å². The standard InChI is InChI=1S/C13H17NO3S/c1-4-12(15)10(2)13(14-18(3,16)17)11-8-6-5-7-9-11/h5-9,13-14H,2,4H2,1,3H3/t13-/m0/s1. The van der Waals surface area contributed by atoms with Gasteiger partial charge in [0.05, 0.1) is 12.3 Å². The first kappa shape index (κ1) is 14.6. The summed E-state index contributed by atoms with van der Waals surface area (Å²) in [5.74, 6) is -0.153. The molecule has 0 saturated carbocycles. The maximum absolute atomic E-state index is 11.7. The van der Waals surface area contributed by atoms with Gasteiger partial charge in [0.25, 0.3) is 0 Å². The predicted molar refractivity (Wildman–Crippen MR) is 71.6 cm³/mol. The molecule has 0 fully saturated rings. The molecule has 0 aliphatic heterocycles. The molecule has 1 aromatic carbocycles. The van der Waals surface area contributed by atoms with Crippen LogP contribution in [0.5, 0.6) is 0 Å². The molecule has 0 aliphatic carbocycles. The van der Waals surface area contributed by atoms with Gasteiger partial charge in [-0.1, -0.05) is 43.8 Å². The van der Waals surface area contributed by atoms with E-state index in [0.29, 0.717) is 12.0 Å². The Morgan fingerprint density at radius 3 is 2.33 bits per heavy atom. The second kappa shape index (κ2) is 5.93. The van der Waals surface area contributed by atoms with Crippen LogP contribution in [-0.4, -0.2) is 20.5 Å². The van der Waals surface area contributed by atoms with Crippen LogP contribution < -0.4 is 4.72 Å². The zero-order valence-electron chi connectivity index (χ0n) is 10.5. The third kappa shape index (κ3) is 4.09. The van der Waals surface area contributed by atoms with Crippen molar-refractivity contribution in [1.29, 1.82) is 0 Å². The summed E-state index contributed by atoms with van der Waals surface area (Å²) in [5.41, 5.74) is 0.962. The Morgan fingerprint density at radius 2 is 1.89 bits per heavy atom. The van der Waals surface area contributed by atoms with Gasteiger partial charge in [0.2, 0.25) is 10.0 Å². The smallest absolute Gasteiger partial charge is 0.209 e. The summed E-state index contributed by atoms with van der Waals surface area (Å²) in [6.07, 6.45) is 1.36. The molecule has 0 amide bonds. The topological polar surface area (TPSA) is 63.2 Å². The van der Waals surface area contributed by atoms with Gasteiger partial charge < -0.3 is 0 Å². The maximum Gasteiger partial charge on any atom is 0.209 e. The number of carbonyl (C=O) groups excluding carboxylic acids is 1. The van der Waals surface area contributed by atoms with E-state index in [1.807, 2.05) is 6.07 Å². The highest BCUT2D eigenvalue weighted by Crippen LogP contribution is 2.22. The molecule has 0 unspecified atom stereocenters. The maximum atomic E-state index is 11.7. The largest absolute Gasteiger partial charge is 0.295 e. The minimum Gasteiger partial charge on any atom is -0.295 e. The number of Topliss-reactive ketones (excluding diaryl/α,β-unsaturated/α-hetero) is 1. The van der Waals surface area contributed by atoms with E-state index in [0.717, 1.165) is 6.26 Å². The fourth-order valence-corrected chi connectivity index (χ4v) is 2.29. The Kier molecular flexibility index (Phi) is 4.81. The highest BCUT2D eigenvalue weighted by molar-refractivity contribution is 7.88. The van der Waals surface area contributed by atoms with Crippen LogP contribution in [0.25, 0.3) is 0 Å². The first-order chi connectivity index (χ1) is 8.35. The summed E-state index contributed by atoms with van der Waals surface area (Å²) >= 11 is 0. The van der Waals surface area contributed by atoms with E-state index in [1.165, 1.54) is 0 Å². The van der Waals surface area contributed by atoms with Crippen LogP contribution >= 0.6 is 0 Å². The first-order valence-corrected chi connectivity index (χ1v) is 7.48. The van der Waals surface area contributed by atoms with E-state index in [4.69, 9.17) is 0 Å². The molecule has 5 heteroatoms. The summed E-state index contributed by atoms with van der Waals surface area (Å²) in [6, 6.07) is 8.22. The molecule has 4 nitrogen and oxygen atoms in total. The van der Waals surface area contributed by atoms with Gasteiger partial charge in [0.1, 0.15) is 0 Å². The quantitative estimate of drug-likeness (QED) is 0.800. The molecule has 0 radical (unpaired) electrons. The predicted octanol–water partition coefficient (Wildman–Crippen LogP) is 1.81. The summed E-state index contributed by atoms with van der Waals surface area (Å²) in [6.45, 7) is 5.43. The van der Waals surface area contributed by atoms with E-state index < -0.39 is 16.1 Å². The second-order valence-corrected chi connectivity index (χ2v) is 5.82. The normalized spacial score (nSPS) is 13.0. The van der Waals surface area contributed by atoms with Crippen LogP contribution in [0, 0.1) is 0 Å². The van der Waals surface area contributed by atoms with Gasteiger partial charge in [-0.15, -0.1) is 0 Å². The zero-order valence-corrected chi connectivity index (χ0v) is 11.3. The van der Waals surface area contributed by atoms with Crippen LogP contribution in [0.3, 0.4) is 0 Å². The van der Waals surface area contributed by atoms with Crippen molar-refractivity contribution >= 4 is 15.8 Å². The fourth-order valence-electron chi connectivity index (χ4n) is 1.59. The SMILES string of the molecule is C=C(C(=O)CC)[C@H](NS(C)(=O)=O)c1ccccc1. The molecule has 0 bridgehead atoms. The van der Waals surface area contributed by atoms with Crippen LogP contribution in [0.15, 0.2) is 42.5 Å². The Hall–Kier alpha value is -1.46. The molecule has 0 aromatic heterocycles. The van der Waals surface area contributed by atoms with Crippen molar-refractivity contribution in [2.75, 3.05) is 6.26 Å². The molecule has 1 rings (SSSR count). The summed E-state index contributed by atoms with van der Waals surface area (Å²) < 4.78 is 25.2. The zero-order chi connectivity index (χ0) is 13.8. The van der Waals surface area contributed by atoms with Crippen LogP contribution in [0.2, 0.25) is 0 Å². The average molecular weight is 267 g/mol. The third-order valence-corrected chi connectivity index (χ3v) is 3.16. The third-order valence-electron chi connectivity index (χ3n) is 2.49. The minimum absolute atomic E-state index is 0.153. The highest BCUT2D eigenvalue weighted by atomic mass is 32.2. The lowest BCUT2D eigenvalue weighted by Gasteiger charge is -2.19. The molecule has 1 aromatic rings. The molecule has 18 heavy (non-hydrogen) atoms. The number of hydrogen-bond acceptors (Lipinski definition) is 3. The number of nitrogens with one attached hydrogen (secondary N) is 1. The lowest BCUT2D eigenvalue weighted by molar-refractivity contribution is -0.115. The van der Waals surface area contributed by atoms with Crippen LogP contribution in [0.4, 0.5) is 0 Å². The number of benzene rings is 1. The summed E-state index contributed by atoms with van der Waals surface area (Å²) in [5, 5.41) is 0. The van der Waals surface area contributed by atoms with Gasteiger partial charge in [0.15, 0.2) is 5.78 Å². The van der Waals surface area contributed by atoms with Crippen molar-refractivity contribution in [3.8, 4) is 0 Å². The molecular weight excluding hydrogens is 250 g/mol. The van der Waals surface area contributed by atoms with E-state index in [-0.39, 0.29) is 11.4 Å². The van der Waals surface area contributed by atoms with E-state index in [9.17, 15) is 13.2 Å². The van der Waals surface area contributed by atoms with Crippen LogP contribution in [0.1, 0.15) is 24.9 Å². The van der Waals surface area contributed by atoms with Gasteiger partial charge in [0, 0.05) is 12.0 Å². The first-order valence-electron chi connectivity index (χ1n) is 5.59. The number of ketones is 1. The molecule has 0 saturated heterocycles. The number of carbonyl (C=O) groups is 1. The van der Waals surface area contributed by atoms with Crippen molar-refractivity contribution in [2.45, 2.75) is 19.4 Å². The Labute approximate surface area is 108 Å².